The predicted molar refractivity (Wildman–Crippen MR) is 93.7 cm³/mol. The van der Waals surface area contributed by atoms with Gasteiger partial charge < -0.3 is 10.2 Å². The predicted octanol–water partition coefficient (Wildman–Crippen LogP) is 3.16. The van der Waals surface area contributed by atoms with Crippen molar-refractivity contribution in [1.29, 1.82) is 0 Å². The third-order valence-corrected chi connectivity index (χ3v) is 3.76. The maximum absolute atomic E-state index is 12.4. The standard InChI is InChI=1S/C18H16F3N3O4/c1-23(17(26)14-6-8-15(9-7-14)24(27)28)10-12-2-4-13(5-3-12)16(25)22-11-18(19,20)21/h2-9H,10-11H2,1H3,(H,22,25). The number of nitro benzene ring substituents is 1. The van der Waals surface area contributed by atoms with Gasteiger partial charge in [0.2, 0.25) is 0 Å². The topological polar surface area (TPSA) is 92.6 Å². The number of nitrogens with zero attached hydrogens (tertiary/aromatic N) is 2. The minimum Gasteiger partial charge on any atom is -0.343 e. The Kier molecular flexibility index (Phi) is 6.34. The molecule has 0 aromatic heterocycles. The highest BCUT2D eigenvalue weighted by Gasteiger charge is 2.27. The molecular formula is C18H16F3N3O4. The molecule has 2 aromatic carbocycles. The van der Waals surface area contributed by atoms with Crippen LogP contribution in [0, 0.1) is 10.1 Å². The van der Waals surface area contributed by atoms with Crippen LogP contribution in [0.15, 0.2) is 48.5 Å². The van der Waals surface area contributed by atoms with E-state index >= 15 is 0 Å². The highest BCUT2D eigenvalue weighted by atomic mass is 19.4. The van der Waals surface area contributed by atoms with Crippen LogP contribution >= 0.6 is 0 Å². The minimum atomic E-state index is -4.49. The Balaban J connectivity index is 1.98. The Morgan fingerprint density at radius 1 is 1.04 bits per heavy atom. The van der Waals surface area contributed by atoms with Crippen molar-refractivity contribution >= 4 is 17.5 Å². The Hall–Kier alpha value is -3.43. The molecule has 0 aliphatic rings. The van der Waals surface area contributed by atoms with Crippen LogP contribution in [0.2, 0.25) is 0 Å². The second-order valence-corrected chi connectivity index (χ2v) is 5.96. The van der Waals surface area contributed by atoms with Crippen molar-refractivity contribution in [1.82, 2.24) is 10.2 Å². The van der Waals surface area contributed by atoms with Crippen LogP contribution in [0.3, 0.4) is 0 Å². The summed E-state index contributed by atoms with van der Waals surface area (Å²) < 4.78 is 36.4. The second-order valence-electron chi connectivity index (χ2n) is 5.96. The van der Waals surface area contributed by atoms with E-state index in [1.165, 1.54) is 60.5 Å². The van der Waals surface area contributed by atoms with Gasteiger partial charge in [0.05, 0.1) is 4.92 Å². The number of hydrogen-bond acceptors (Lipinski definition) is 4. The zero-order valence-electron chi connectivity index (χ0n) is 14.7. The third-order valence-electron chi connectivity index (χ3n) is 3.76. The molecule has 28 heavy (non-hydrogen) atoms. The number of nitro groups is 1. The van der Waals surface area contributed by atoms with Gasteiger partial charge in [0.1, 0.15) is 6.54 Å². The van der Waals surface area contributed by atoms with Gasteiger partial charge in [0, 0.05) is 36.9 Å². The van der Waals surface area contributed by atoms with Crippen LogP contribution < -0.4 is 5.32 Å². The molecule has 0 heterocycles. The van der Waals surface area contributed by atoms with Crippen LogP contribution in [0.1, 0.15) is 26.3 Å². The van der Waals surface area contributed by atoms with Crippen LogP contribution in [-0.4, -0.2) is 41.4 Å². The molecule has 0 bridgehead atoms. The lowest BCUT2D eigenvalue weighted by Gasteiger charge is -2.17. The van der Waals surface area contributed by atoms with E-state index in [-0.39, 0.29) is 29.3 Å². The SMILES string of the molecule is CN(Cc1ccc(C(=O)NCC(F)(F)F)cc1)C(=O)c1ccc([N+](=O)[O-])cc1. The van der Waals surface area contributed by atoms with Gasteiger partial charge in [-0.2, -0.15) is 13.2 Å². The van der Waals surface area contributed by atoms with Crippen LogP contribution in [0.4, 0.5) is 18.9 Å². The normalized spacial score (nSPS) is 11.0. The molecule has 148 valence electrons. The van der Waals surface area contributed by atoms with Gasteiger partial charge in [0.25, 0.3) is 17.5 Å². The summed E-state index contributed by atoms with van der Waals surface area (Å²) in [5.74, 6) is -1.21. The highest BCUT2D eigenvalue weighted by molar-refractivity contribution is 5.95. The summed E-state index contributed by atoms with van der Waals surface area (Å²) in [5.41, 5.74) is 0.873. The molecule has 1 N–H and O–H groups in total. The minimum absolute atomic E-state index is 0.0670. The summed E-state index contributed by atoms with van der Waals surface area (Å²) >= 11 is 0. The fraction of sp³-hybridized carbons (Fsp3) is 0.222. The van der Waals surface area contributed by atoms with Gasteiger partial charge in [-0.3, -0.25) is 19.7 Å². The molecule has 7 nitrogen and oxygen atoms in total. The van der Waals surface area contributed by atoms with E-state index in [2.05, 4.69) is 0 Å². The van der Waals surface area contributed by atoms with Crippen molar-refractivity contribution in [3.05, 3.63) is 75.3 Å². The van der Waals surface area contributed by atoms with E-state index in [4.69, 9.17) is 0 Å². The molecule has 2 aromatic rings. The fourth-order valence-corrected chi connectivity index (χ4v) is 2.34. The van der Waals surface area contributed by atoms with Gasteiger partial charge in [0.15, 0.2) is 0 Å². The second kappa shape index (κ2) is 8.51. The molecule has 0 aliphatic carbocycles. The summed E-state index contributed by atoms with van der Waals surface area (Å²) in [6.07, 6.45) is -4.49. The first-order valence-electron chi connectivity index (χ1n) is 8.00. The molecule has 2 amide bonds. The molecule has 0 saturated carbocycles. The summed E-state index contributed by atoms with van der Waals surface area (Å²) in [4.78, 5) is 35.5. The molecule has 0 unspecified atom stereocenters. The number of carbonyl (C=O) groups is 2. The number of benzene rings is 2. The number of carbonyl (C=O) groups excluding carboxylic acids is 2. The molecule has 0 saturated heterocycles. The first-order valence-corrected chi connectivity index (χ1v) is 8.00. The van der Waals surface area contributed by atoms with Crippen LogP contribution in [0.25, 0.3) is 0 Å². The number of non-ortho nitro benzene ring substituents is 1. The van der Waals surface area contributed by atoms with E-state index in [0.717, 1.165) is 0 Å². The number of rotatable bonds is 6. The number of alkyl halides is 3. The summed E-state index contributed by atoms with van der Waals surface area (Å²) in [6.45, 7) is -1.24. The molecule has 2 rings (SSSR count). The monoisotopic (exact) mass is 395 g/mol. The molecule has 0 spiro atoms. The first-order chi connectivity index (χ1) is 13.1. The highest BCUT2D eigenvalue weighted by Crippen LogP contribution is 2.15. The molecule has 0 atom stereocenters. The molecular weight excluding hydrogens is 379 g/mol. The molecule has 0 fully saturated rings. The van der Waals surface area contributed by atoms with Gasteiger partial charge in [-0.25, -0.2) is 0 Å². The van der Waals surface area contributed by atoms with E-state index in [0.29, 0.717) is 5.56 Å². The van der Waals surface area contributed by atoms with Crippen molar-refractivity contribution in [3.63, 3.8) is 0 Å². The number of nitrogens with one attached hydrogen (secondary N) is 1. The largest absolute Gasteiger partial charge is 0.405 e. The number of amides is 2. The lowest BCUT2D eigenvalue weighted by atomic mass is 10.1. The first kappa shape index (κ1) is 20.9. The van der Waals surface area contributed by atoms with E-state index in [1.54, 1.807) is 5.32 Å². The summed E-state index contributed by atoms with van der Waals surface area (Å²) in [7, 11) is 1.54. The van der Waals surface area contributed by atoms with E-state index in [1.807, 2.05) is 0 Å². The van der Waals surface area contributed by atoms with Gasteiger partial charge >= 0.3 is 6.18 Å². The van der Waals surface area contributed by atoms with Crippen molar-refractivity contribution in [2.45, 2.75) is 12.7 Å². The van der Waals surface area contributed by atoms with Gasteiger partial charge in [-0.1, -0.05) is 12.1 Å². The lowest BCUT2D eigenvalue weighted by Crippen LogP contribution is -2.33. The van der Waals surface area contributed by atoms with Crippen molar-refractivity contribution in [2.24, 2.45) is 0 Å². The lowest BCUT2D eigenvalue weighted by molar-refractivity contribution is -0.384. The van der Waals surface area contributed by atoms with E-state index < -0.39 is 23.6 Å². The number of hydrogen-bond donors (Lipinski definition) is 1. The van der Waals surface area contributed by atoms with Crippen LogP contribution in [-0.2, 0) is 6.54 Å². The Morgan fingerprint density at radius 3 is 2.07 bits per heavy atom. The molecule has 10 heteroatoms. The number of halogens is 3. The molecule has 0 aliphatic heterocycles. The summed E-state index contributed by atoms with van der Waals surface area (Å²) in [6, 6.07) is 11.0. The zero-order valence-corrected chi connectivity index (χ0v) is 14.7. The summed E-state index contributed by atoms with van der Waals surface area (Å²) in [5, 5.41) is 12.4. The Labute approximate surface area is 157 Å². The smallest absolute Gasteiger partial charge is 0.343 e. The Bertz CT molecular complexity index is 865. The van der Waals surface area contributed by atoms with E-state index in [9.17, 15) is 32.9 Å². The average Bonchev–Trinajstić information content (AvgIpc) is 2.65. The van der Waals surface area contributed by atoms with Crippen LogP contribution in [0.5, 0.6) is 0 Å². The van der Waals surface area contributed by atoms with Crippen molar-refractivity contribution in [3.8, 4) is 0 Å². The average molecular weight is 395 g/mol. The Morgan fingerprint density at radius 2 is 1.57 bits per heavy atom. The zero-order chi connectivity index (χ0) is 20.9. The van der Waals surface area contributed by atoms with Gasteiger partial charge in [-0.15, -0.1) is 0 Å². The molecule has 0 radical (unpaired) electrons. The quantitative estimate of drug-likeness (QED) is 0.601. The fourth-order valence-electron chi connectivity index (χ4n) is 2.34. The maximum Gasteiger partial charge on any atom is 0.405 e. The third kappa shape index (κ3) is 5.79. The van der Waals surface area contributed by atoms with Gasteiger partial charge in [-0.05, 0) is 29.8 Å². The maximum atomic E-state index is 12.4. The van der Waals surface area contributed by atoms with Crippen molar-refractivity contribution < 1.29 is 27.7 Å². The van der Waals surface area contributed by atoms with Crippen molar-refractivity contribution in [2.75, 3.05) is 13.6 Å².